The minimum Gasteiger partial charge on any atom is -0.380 e. The van der Waals surface area contributed by atoms with Gasteiger partial charge in [0.25, 0.3) is 0 Å². The lowest BCUT2D eigenvalue weighted by Gasteiger charge is -2.13. The van der Waals surface area contributed by atoms with Gasteiger partial charge in [-0.2, -0.15) is 0 Å². The molecule has 0 radical (unpaired) electrons. The van der Waals surface area contributed by atoms with Gasteiger partial charge in [0.2, 0.25) is 0 Å². The monoisotopic (exact) mass is 203 g/mol. The summed E-state index contributed by atoms with van der Waals surface area (Å²) in [5.41, 5.74) is 0. The average Bonchev–Trinajstić information content (AvgIpc) is 2.22. The summed E-state index contributed by atoms with van der Waals surface area (Å²) in [6.45, 7) is 6.54. The molecule has 4 heteroatoms. The maximum Gasteiger partial charge on any atom is 0.169 e. The first-order chi connectivity index (χ1) is 6.85. The van der Waals surface area contributed by atoms with E-state index in [4.69, 9.17) is 14.2 Å². The molecule has 0 heterocycles. The van der Waals surface area contributed by atoms with Gasteiger partial charge in [-0.1, -0.05) is 6.08 Å². The highest BCUT2D eigenvalue weighted by Gasteiger charge is 2.02. The summed E-state index contributed by atoms with van der Waals surface area (Å²) in [5, 5.41) is 3.16. The van der Waals surface area contributed by atoms with Gasteiger partial charge in [-0.15, -0.1) is 6.58 Å². The summed E-state index contributed by atoms with van der Waals surface area (Å²) in [5.74, 6) is 0. The standard InChI is InChI=1S/C10H21NO3/c1-4-5-7-14-8-6-11-9-10(12-2)13-3/h4,10-11H,1,5-9H2,2-3H3. The van der Waals surface area contributed by atoms with Crippen molar-refractivity contribution >= 4 is 0 Å². The van der Waals surface area contributed by atoms with Crippen LogP contribution in [0.5, 0.6) is 0 Å². The number of hydrogen-bond acceptors (Lipinski definition) is 4. The van der Waals surface area contributed by atoms with Gasteiger partial charge < -0.3 is 19.5 Å². The Bertz CT molecular complexity index is 127. The Morgan fingerprint density at radius 1 is 1.29 bits per heavy atom. The van der Waals surface area contributed by atoms with E-state index in [9.17, 15) is 0 Å². The maximum absolute atomic E-state index is 5.31. The van der Waals surface area contributed by atoms with E-state index >= 15 is 0 Å². The summed E-state index contributed by atoms with van der Waals surface area (Å²) < 4.78 is 15.3. The molecule has 0 aromatic heterocycles. The molecule has 0 spiro atoms. The Labute approximate surface area is 86.2 Å². The Morgan fingerprint density at radius 2 is 2.00 bits per heavy atom. The van der Waals surface area contributed by atoms with Crippen molar-refractivity contribution in [1.29, 1.82) is 0 Å². The molecule has 4 nitrogen and oxygen atoms in total. The molecule has 0 aliphatic carbocycles. The lowest BCUT2D eigenvalue weighted by atomic mass is 10.4. The zero-order valence-corrected chi connectivity index (χ0v) is 9.12. The fourth-order valence-corrected chi connectivity index (χ4v) is 0.896. The van der Waals surface area contributed by atoms with Crippen molar-refractivity contribution < 1.29 is 14.2 Å². The average molecular weight is 203 g/mol. The van der Waals surface area contributed by atoms with Crippen LogP contribution in [-0.2, 0) is 14.2 Å². The highest BCUT2D eigenvalue weighted by Crippen LogP contribution is 1.87. The SMILES string of the molecule is C=CCCOCCNCC(OC)OC. The largest absolute Gasteiger partial charge is 0.380 e. The van der Waals surface area contributed by atoms with Crippen LogP contribution in [-0.4, -0.2) is 46.8 Å². The molecule has 1 N–H and O–H groups in total. The molecule has 0 amide bonds. The molecule has 0 aromatic rings. The van der Waals surface area contributed by atoms with E-state index in [2.05, 4.69) is 11.9 Å². The van der Waals surface area contributed by atoms with Crippen molar-refractivity contribution in [3.63, 3.8) is 0 Å². The zero-order valence-electron chi connectivity index (χ0n) is 9.12. The van der Waals surface area contributed by atoms with Crippen molar-refractivity contribution in [2.24, 2.45) is 0 Å². The van der Waals surface area contributed by atoms with Crippen LogP contribution in [0, 0.1) is 0 Å². The molecule has 0 aromatic carbocycles. The maximum atomic E-state index is 5.31. The lowest BCUT2D eigenvalue weighted by Crippen LogP contribution is -2.31. The van der Waals surface area contributed by atoms with E-state index in [0.29, 0.717) is 13.2 Å². The van der Waals surface area contributed by atoms with Crippen LogP contribution in [0.4, 0.5) is 0 Å². The number of rotatable bonds is 10. The fourth-order valence-electron chi connectivity index (χ4n) is 0.896. The van der Waals surface area contributed by atoms with Crippen LogP contribution in [0.1, 0.15) is 6.42 Å². The lowest BCUT2D eigenvalue weighted by molar-refractivity contribution is -0.0990. The Morgan fingerprint density at radius 3 is 2.57 bits per heavy atom. The zero-order chi connectivity index (χ0) is 10.6. The van der Waals surface area contributed by atoms with Gasteiger partial charge in [0, 0.05) is 27.3 Å². The summed E-state index contributed by atoms with van der Waals surface area (Å²) in [6.07, 6.45) is 2.57. The molecular formula is C10H21NO3. The molecule has 0 aliphatic rings. The molecule has 0 fully saturated rings. The Kier molecular flexibility index (Phi) is 10.3. The first-order valence-corrected chi connectivity index (χ1v) is 4.80. The van der Waals surface area contributed by atoms with Crippen LogP contribution >= 0.6 is 0 Å². The van der Waals surface area contributed by atoms with Gasteiger partial charge >= 0.3 is 0 Å². The van der Waals surface area contributed by atoms with Gasteiger partial charge in [-0.3, -0.25) is 0 Å². The van der Waals surface area contributed by atoms with Crippen LogP contribution in [0.15, 0.2) is 12.7 Å². The minimum absolute atomic E-state index is 0.178. The first kappa shape index (κ1) is 13.6. The van der Waals surface area contributed by atoms with Crippen molar-refractivity contribution in [3.05, 3.63) is 12.7 Å². The third-order valence-electron chi connectivity index (χ3n) is 1.73. The quantitative estimate of drug-likeness (QED) is 0.324. The first-order valence-electron chi connectivity index (χ1n) is 4.80. The fraction of sp³-hybridized carbons (Fsp3) is 0.800. The summed E-state index contributed by atoms with van der Waals surface area (Å²) >= 11 is 0. The molecule has 0 unspecified atom stereocenters. The van der Waals surface area contributed by atoms with Crippen LogP contribution in [0.25, 0.3) is 0 Å². The minimum atomic E-state index is -0.178. The highest BCUT2D eigenvalue weighted by atomic mass is 16.7. The van der Waals surface area contributed by atoms with Crippen molar-refractivity contribution in [1.82, 2.24) is 5.32 Å². The summed E-state index contributed by atoms with van der Waals surface area (Å²) in [6, 6.07) is 0. The second-order valence-corrected chi connectivity index (χ2v) is 2.79. The van der Waals surface area contributed by atoms with Crippen molar-refractivity contribution in [2.45, 2.75) is 12.7 Å². The van der Waals surface area contributed by atoms with E-state index in [1.807, 2.05) is 6.08 Å². The molecule has 14 heavy (non-hydrogen) atoms. The third-order valence-corrected chi connectivity index (χ3v) is 1.73. The van der Waals surface area contributed by atoms with E-state index in [-0.39, 0.29) is 6.29 Å². The van der Waals surface area contributed by atoms with Gasteiger partial charge in [0.15, 0.2) is 6.29 Å². The normalized spacial score (nSPS) is 10.8. The van der Waals surface area contributed by atoms with Crippen LogP contribution < -0.4 is 5.32 Å². The predicted octanol–water partition coefficient (Wildman–Crippen LogP) is 0.788. The molecular weight excluding hydrogens is 182 g/mol. The van der Waals surface area contributed by atoms with E-state index in [0.717, 1.165) is 19.6 Å². The Hall–Kier alpha value is -0.420. The second kappa shape index (κ2) is 10.7. The smallest absolute Gasteiger partial charge is 0.169 e. The number of nitrogens with one attached hydrogen (secondary N) is 1. The molecule has 0 saturated heterocycles. The third kappa shape index (κ3) is 8.19. The van der Waals surface area contributed by atoms with Crippen molar-refractivity contribution in [3.8, 4) is 0 Å². The number of hydrogen-bond donors (Lipinski definition) is 1. The predicted molar refractivity (Wildman–Crippen MR) is 56.3 cm³/mol. The topological polar surface area (TPSA) is 39.7 Å². The molecule has 84 valence electrons. The number of ether oxygens (including phenoxy) is 3. The highest BCUT2D eigenvalue weighted by molar-refractivity contribution is 4.64. The Balaban J connectivity index is 3.08. The molecule has 0 atom stereocenters. The van der Waals surface area contributed by atoms with Gasteiger partial charge in [0.05, 0.1) is 13.2 Å². The van der Waals surface area contributed by atoms with Crippen LogP contribution in [0.2, 0.25) is 0 Å². The molecule has 0 bridgehead atoms. The van der Waals surface area contributed by atoms with E-state index < -0.39 is 0 Å². The van der Waals surface area contributed by atoms with E-state index in [1.165, 1.54) is 0 Å². The second-order valence-electron chi connectivity index (χ2n) is 2.79. The molecule has 0 saturated carbocycles. The number of methoxy groups -OCH3 is 2. The molecule has 0 aliphatic heterocycles. The molecule has 0 rings (SSSR count). The van der Waals surface area contributed by atoms with E-state index in [1.54, 1.807) is 14.2 Å². The summed E-state index contributed by atoms with van der Waals surface area (Å²) in [7, 11) is 3.24. The van der Waals surface area contributed by atoms with Crippen LogP contribution in [0.3, 0.4) is 0 Å². The van der Waals surface area contributed by atoms with Gasteiger partial charge in [-0.05, 0) is 6.42 Å². The van der Waals surface area contributed by atoms with Gasteiger partial charge in [0.1, 0.15) is 0 Å². The van der Waals surface area contributed by atoms with Gasteiger partial charge in [-0.25, -0.2) is 0 Å². The summed E-state index contributed by atoms with van der Waals surface area (Å²) in [4.78, 5) is 0. The van der Waals surface area contributed by atoms with Crippen molar-refractivity contribution in [2.75, 3.05) is 40.5 Å².